The van der Waals surface area contributed by atoms with Gasteiger partial charge in [0, 0.05) is 12.7 Å². The Hall–Kier alpha value is -1.49. The van der Waals surface area contributed by atoms with E-state index in [1.54, 1.807) is 0 Å². The van der Waals surface area contributed by atoms with Crippen LogP contribution in [0.2, 0.25) is 5.02 Å². The van der Waals surface area contributed by atoms with Crippen LogP contribution in [0.25, 0.3) is 0 Å². The Kier molecular flexibility index (Phi) is 3.38. The molecular formula is C11H13ClN2O3. The minimum absolute atomic E-state index is 0.302. The Morgan fingerprint density at radius 1 is 1.47 bits per heavy atom. The molecule has 2 N–H and O–H groups in total. The average molecular weight is 257 g/mol. The Balaban J connectivity index is 2.19. The molecule has 1 aromatic rings. The van der Waals surface area contributed by atoms with Crippen LogP contribution in [0, 0.1) is 0 Å². The molecule has 0 saturated carbocycles. The van der Waals surface area contributed by atoms with Crippen LogP contribution >= 0.6 is 11.6 Å². The first-order valence-corrected chi connectivity index (χ1v) is 5.85. The second-order valence-corrected chi connectivity index (χ2v) is 4.52. The molecule has 0 bridgehead atoms. The van der Waals surface area contributed by atoms with Gasteiger partial charge in [-0.2, -0.15) is 0 Å². The van der Waals surface area contributed by atoms with Gasteiger partial charge >= 0.3 is 5.97 Å². The fourth-order valence-electron chi connectivity index (χ4n) is 2.08. The number of carbonyl (C=O) groups is 2. The molecule has 0 aromatic carbocycles. The van der Waals surface area contributed by atoms with Crippen LogP contribution in [0.4, 0.5) is 0 Å². The zero-order valence-electron chi connectivity index (χ0n) is 9.15. The Morgan fingerprint density at radius 2 is 2.24 bits per heavy atom. The lowest BCUT2D eigenvalue weighted by Gasteiger charge is -2.32. The number of nitrogens with zero attached hydrogens (tertiary/aromatic N) is 1. The molecule has 0 spiro atoms. The van der Waals surface area contributed by atoms with Crippen molar-refractivity contribution >= 4 is 23.5 Å². The van der Waals surface area contributed by atoms with Gasteiger partial charge in [-0.1, -0.05) is 11.6 Å². The van der Waals surface area contributed by atoms with Crippen LogP contribution in [0.3, 0.4) is 0 Å². The van der Waals surface area contributed by atoms with Crippen LogP contribution in [0.5, 0.6) is 0 Å². The number of piperidine rings is 1. The summed E-state index contributed by atoms with van der Waals surface area (Å²) in [6.07, 6.45) is 3.69. The first kappa shape index (κ1) is 12.0. The van der Waals surface area contributed by atoms with E-state index in [9.17, 15) is 9.59 Å². The minimum atomic E-state index is -0.948. The molecule has 1 aliphatic rings. The number of hydrogen-bond acceptors (Lipinski definition) is 2. The predicted octanol–water partition coefficient (Wildman–Crippen LogP) is 1.75. The fourth-order valence-corrected chi connectivity index (χ4v) is 2.24. The van der Waals surface area contributed by atoms with Gasteiger partial charge in [0.05, 0.1) is 5.02 Å². The summed E-state index contributed by atoms with van der Waals surface area (Å²) in [5.41, 5.74) is 0.336. The standard InChI is InChI=1S/C11H13ClN2O3/c12-7-5-8(13-6-7)10(15)14-4-2-1-3-9(14)11(16)17/h5-6,9,13H,1-4H2,(H,16,17). The molecule has 6 heteroatoms. The minimum Gasteiger partial charge on any atom is -0.480 e. The molecule has 17 heavy (non-hydrogen) atoms. The summed E-state index contributed by atoms with van der Waals surface area (Å²) in [7, 11) is 0. The summed E-state index contributed by atoms with van der Waals surface area (Å²) >= 11 is 5.72. The van der Waals surface area contributed by atoms with Crippen LogP contribution < -0.4 is 0 Å². The van der Waals surface area contributed by atoms with Crippen molar-refractivity contribution in [2.45, 2.75) is 25.3 Å². The normalized spacial score (nSPS) is 20.3. The van der Waals surface area contributed by atoms with Gasteiger partial charge in [0.1, 0.15) is 11.7 Å². The number of aromatic nitrogens is 1. The van der Waals surface area contributed by atoms with Gasteiger partial charge in [0.2, 0.25) is 0 Å². The van der Waals surface area contributed by atoms with E-state index >= 15 is 0 Å². The maximum absolute atomic E-state index is 12.1. The monoisotopic (exact) mass is 256 g/mol. The van der Waals surface area contributed by atoms with Crippen LogP contribution in [-0.2, 0) is 4.79 Å². The molecule has 92 valence electrons. The number of H-pyrrole nitrogens is 1. The van der Waals surface area contributed by atoms with Crippen LogP contribution in [-0.4, -0.2) is 39.5 Å². The topological polar surface area (TPSA) is 73.4 Å². The second-order valence-electron chi connectivity index (χ2n) is 4.08. The van der Waals surface area contributed by atoms with E-state index in [1.807, 2.05) is 0 Å². The van der Waals surface area contributed by atoms with Crippen LogP contribution in [0.15, 0.2) is 12.3 Å². The number of hydrogen-bond donors (Lipinski definition) is 2. The molecule has 1 atom stereocenters. The lowest BCUT2D eigenvalue weighted by atomic mass is 10.0. The number of amides is 1. The van der Waals surface area contributed by atoms with Gasteiger partial charge in [-0.25, -0.2) is 4.79 Å². The SMILES string of the molecule is O=C(O)C1CCCCN1C(=O)c1cc(Cl)c[nH]1. The van der Waals surface area contributed by atoms with Gasteiger partial charge in [-0.3, -0.25) is 4.79 Å². The van der Waals surface area contributed by atoms with E-state index in [0.29, 0.717) is 23.7 Å². The number of carboxylic acids is 1. The van der Waals surface area contributed by atoms with E-state index in [1.165, 1.54) is 17.2 Å². The fraction of sp³-hybridized carbons (Fsp3) is 0.455. The highest BCUT2D eigenvalue weighted by Crippen LogP contribution is 2.20. The van der Waals surface area contributed by atoms with Gasteiger partial charge in [-0.15, -0.1) is 0 Å². The summed E-state index contributed by atoms with van der Waals surface area (Å²) in [6, 6.07) is 0.788. The third-order valence-corrected chi connectivity index (χ3v) is 3.15. The number of carbonyl (C=O) groups excluding carboxylic acids is 1. The maximum atomic E-state index is 12.1. The average Bonchev–Trinajstić information content (AvgIpc) is 2.75. The number of aliphatic carboxylic acids is 1. The molecule has 5 nitrogen and oxygen atoms in total. The number of carboxylic acid groups (broad SMARTS) is 1. The van der Waals surface area contributed by atoms with Crippen molar-refractivity contribution in [3.8, 4) is 0 Å². The van der Waals surface area contributed by atoms with Gasteiger partial charge in [0.25, 0.3) is 5.91 Å². The summed E-state index contributed by atoms with van der Waals surface area (Å²) in [5.74, 6) is -1.25. The molecule has 2 heterocycles. The zero-order valence-corrected chi connectivity index (χ0v) is 9.91. The quantitative estimate of drug-likeness (QED) is 0.847. The van der Waals surface area contributed by atoms with Gasteiger partial charge < -0.3 is 15.0 Å². The third kappa shape index (κ3) is 2.44. The first-order valence-electron chi connectivity index (χ1n) is 5.47. The van der Waals surface area contributed by atoms with E-state index in [0.717, 1.165) is 12.8 Å². The number of aromatic amines is 1. The molecule has 1 unspecified atom stereocenters. The second kappa shape index (κ2) is 4.79. The zero-order chi connectivity index (χ0) is 12.4. The molecule has 1 aromatic heterocycles. The number of nitrogens with one attached hydrogen (secondary N) is 1. The van der Waals surface area contributed by atoms with E-state index in [-0.39, 0.29) is 5.91 Å². The predicted molar refractivity (Wildman–Crippen MR) is 62.1 cm³/mol. The lowest BCUT2D eigenvalue weighted by molar-refractivity contribution is -0.143. The van der Waals surface area contributed by atoms with E-state index in [2.05, 4.69) is 4.98 Å². The summed E-state index contributed by atoms with van der Waals surface area (Å²) < 4.78 is 0. The van der Waals surface area contributed by atoms with E-state index in [4.69, 9.17) is 16.7 Å². The molecule has 0 radical (unpaired) electrons. The maximum Gasteiger partial charge on any atom is 0.326 e. The highest BCUT2D eigenvalue weighted by atomic mass is 35.5. The van der Waals surface area contributed by atoms with Crippen molar-refractivity contribution in [3.05, 3.63) is 23.0 Å². The molecule has 1 saturated heterocycles. The smallest absolute Gasteiger partial charge is 0.326 e. The summed E-state index contributed by atoms with van der Waals surface area (Å²) in [5, 5.41) is 9.52. The number of likely N-dealkylation sites (tertiary alicyclic amines) is 1. The largest absolute Gasteiger partial charge is 0.480 e. The molecule has 1 fully saturated rings. The molecular weight excluding hydrogens is 244 g/mol. The van der Waals surface area contributed by atoms with Gasteiger partial charge in [0.15, 0.2) is 0 Å². The van der Waals surface area contributed by atoms with Crippen molar-refractivity contribution in [2.75, 3.05) is 6.54 Å². The Labute approximate surface area is 103 Å². The molecule has 0 aliphatic carbocycles. The van der Waals surface area contributed by atoms with Crippen molar-refractivity contribution in [3.63, 3.8) is 0 Å². The number of halogens is 1. The highest BCUT2D eigenvalue weighted by molar-refractivity contribution is 6.31. The van der Waals surface area contributed by atoms with Crippen LogP contribution in [0.1, 0.15) is 29.8 Å². The third-order valence-electron chi connectivity index (χ3n) is 2.93. The Morgan fingerprint density at radius 3 is 2.82 bits per heavy atom. The molecule has 1 aliphatic heterocycles. The lowest BCUT2D eigenvalue weighted by Crippen LogP contribution is -2.48. The van der Waals surface area contributed by atoms with Crippen molar-refractivity contribution in [2.24, 2.45) is 0 Å². The summed E-state index contributed by atoms with van der Waals surface area (Å²) in [6.45, 7) is 0.479. The summed E-state index contributed by atoms with van der Waals surface area (Å²) in [4.78, 5) is 27.3. The number of rotatable bonds is 2. The Bertz CT molecular complexity index is 444. The van der Waals surface area contributed by atoms with Crippen molar-refractivity contribution in [1.82, 2.24) is 9.88 Å². The van der Waals surface area contributed by atoms with Gasteiger partial charge in [-0.05, 0) is 25.3 Å². The highest BCUT2D eigenvalue weighted by Gasteiger charge is 2.32. The van der Waals surface area contributed by atoms with Crippen molar-refractivity contribution in [1.29, 1.82) is 0 Å². The molecule has 2 rings (SSSR count). The first-order chi connectivity index (χ1) is 8.09. The van der Waals surface area contributed by atoms with E-state index < -0.39 is 12.0 Å². The molecule has 1 amide bonds. The van der Waals surface area contributed by atoms with Crippen molar-refractivity contribution < 1.29 is 14.7 Å².